The van der Waals surface area contributed by atoms with Crippen LogP contribution in [0, 0.1) is 0 Å². The molecule has 9 atom stereocenters. The van der Waals surface area contributed by atoms with Crippen LogP contribution in [0.25, 0.3) is 0 Å². The summed E-state index contributed by atoms with van der Waals surface area (Å²) in [5, 5.41) is 76.5. The summed E-state index contributed by atoms with van der Waals surface area (Å²) in [6.07, 6.45) is -15.7. The van der Waals surface area contributed by atoms with Crippen molar-refractivity contribution in [1.29, 1.82) is 0 Å². The Labute approximate surface area is 137 Å². The molecule has 1 heterocycles. The van der Waals surface area contributed by atoms with Gasteiger partial charge in [0.05, 0.1) is 13.2 Å². The number of aliphatic hydroxyl groups is 8. The number of aliphatic hydroxyl groups excluding tert-OH is 8. The molecule has 1 fully saturated rings. The van der Waals surface area contributed by atoms with Crippen LogP contribution in [0.2, 0.25) is 0 Å². The van der Waals surface area contributed by atoms with Gasteiger partial charge in [0.2, 0.25) is 0 Å². The lowest BCUT2D eigenvalue weighted by atomic mass is 9.98. The number of hydrogen-bond acceptors (Lipinski definition) is 11. The van der Waals surface area contributed by atoms with Crippen LogP contribution in [0.4, 0.5) is 0 Å². The third-order valence-electron chi connectivity index (χ3n) is 3.78. The summed E-state index contributed by atoms with van der Waals surface area (Å²) in [5.74, 6) is -0.838. The zero-order valence-corrected chi connectivity index (χ0v) is 12.9. The van der Waals surface area contributed by atoms with Gasteiger partial charge in [0, 0.05) is 0 Å². The third kappa shape index (κ3) is 4.67. The molecule has 142 valence electrons. The van der Waals surface area contributed by atoms with Gasteiger partial charge in [0.25, 0.3) is 0 Å². The molecule has 8 N–H and O–H groups in total. The van der Waals surface area contributed by atoms with Gasteiger partial charge in [-0.2, -0.15) is 0 Å². The first kappa shape index (κ1) is 21.3. The van der Waals surface area contributed by atoms with E-state index in [0.717, 1.165) is 6.92 Å². The van der Waals surface area contributed by atoms with Crippen molar-refractivity contribution in [2.45, 2.75) is 62.0 Å². The summed E-state index contributed by atoms with van der Waals surface area (Å²) >= 11 is 0. The van der Waals surface area contributed by atoms with Gasteiger partial charge in [-0.1, -0.05) is 0 Å². The Hall–Kier alpha value is -0.730. The molecule has 0 amide bonds. The summed E-state index contributed by atoms with van der Waals surface area (Å²) in [6.45, 7) is -0.662. The molecule has 0 aliphatic carbocycles. The van der Waals surface area contributed by atoms with E-state index in [1.54, 1.807) is 0 Å². The lowest BCUT2D eigenvalue weighted by Gasteiger charge is -2.42. The monoisotopic (exact) mass is 356 g/mol. The molecule has 11 heteroatoms. The topological polar surface area (TPSA) is 197 Å². The molecule has 0 aromatic rings. The molecule has 24 heavy (non-hydrogen) atoms. The summed E-state index contributed by atoms with van der Waals surface area (Å²) in [5.41, 5.74) is 0. The van der Waals surface area contributed by atoms with Crippen LogP contribution in [-0.4, -0.2) is 115 Å². The van der Waals surface area contributed by atoms with Crippen molar-refractivity contribution in [3.63, 3.8) is 0 Å². The highest BCUT2D eigenvalue weighted by molar-refractivity contribution is 5.80. The van der Waals surface area contributed by atoms with E-state index in [0.29, 0.717) is 0 Å². The maximum Gasteiger partial charge on any atom is 0.187 e. The summed E-state index contributed by atoms with van der Waals surface area (Å²) in [4.78, 5) is 11.2. The normalized spacial score (nSPS) is 36.0. The molecule has 0 bridgehead atoms. The second-order valence-electron chi connectivity index (χ2n) is 5.59. The molecule has 1 aliphatic heterocycles. The molecule has 0 radical (unpaired) electrons. The molecule has 0 spiro atoms. The van der Waals surface area contributed by atoms with Crippen LogP contribution in [0.5, 0.6) is 0 Å². The number of rotatable bonds is 8. The van der Waals surface area contributed by atoms with Gasteiger partial charge >= 0.3 is 0 Å². The van der Waals surface area contributed by atoms with Gasteiger partial charge in [0.1, 0.15) is 48.8 Å². The van der Waals surface area contributed by atoms with Crippen LogP contribution < -0.4 is 0 Å². The highest BCUT2D eigenvalue weighted by atomic mass is 16.7. The zero-order valence-electron chi connectivity index (χ0n) is 12.9. The standard InChI is InChI=1S/C13H24O11/c1-4(16)7(18)10(21)12(5(17)2-14)24-13-11(22)9(20)8(19)6(3-15)23-13/h5-15,17-22H,2-3H2,1H3. The van der Waals surface area contributed by atoms with Crippen molar-refractivity contribution in [3.05, 3.63) is 0 Å². The van der Waals surface area contributed by atoms with Crippen LogP contribution >= 0.6 is 0 Å². The third-order valence-corrected chi connectivity index (χ3v) is 3.78. The molecule has 1 aliphatic rings. The fourth-order valence-corrected chi connectivity index (χ4v) is 2.26. The predicted octanol–water partition coefficient (Wildman–Crippen LogP) is -5.16. The minimum Gasteiger partial charge on any atom is -0.394 e. The Morgan fingerprint density at radius 2 is 1.67 bits per heavy atom. The van der Waals surface area contributed by atoms with E-state index in [2.05, 4.69) is 0 Å². The number of carbonyl (C=O) groups is 1. The average Bonchev–Trinajstić information content (AvgIpc) is 2.57. The SMILES string of the molecule is CC(=O)C(O)C(O)C(OC1OC(CO)C(O)C(O)C1O)C(O)CO. The van der Waals surface area contributed by atoms with Gasteiger partial charge in [-0.15, -0.1) is 0 Å². The first-order valence-corrected chi connectivity index (χ1v) is 7.27. The molecule has 0 saturated carbocycles. The molecule has 11 nitrogen and oxygen atoms in total. The average molecular weight is 356 g/mol. The quantitative estimate of drug-likeness (QED) is 0.207. The van der Waals surface area contributed by atoms with Gasteiger partial charge in [-0.25, -0.2) is 0 Å². The number of carbonyl (C=O) groups excluding carboxylic acids is 1. The maximum absolute atomic E-state index is 11.2. The van der Waals surface area contributed by atoms with E-state index in [1.807, 2.05) is 0 Å². The van der Waals surface area contributed by atoms with E-state index in [4.69, 9.17) is 19.7 Å². The fraction of sp³-hybridized carbons (Fsp3) is 0.923. The van der Waals surface area contributed by atoms with E-state index >= 15 is 0 Å². The Balaban J connectivity index is 2.94. The van der Waals surface area contributed by atoms with Crippen molar-refractivity contribution in [1.82, 2.24) is 0 Å². The second kappa shape index (κ2) is 9.10. The van der Waals surface area contributed by atoms with Crippen molar-refractivity contribution < 1.29 is 55.1 Å². The van der Waals surface area contributed by atoms with E-state index < -0.39 is 74.1 Å². The smallest absolute Gasteiger partial charge is 0.187 e. The summed E-state index contributed by atoms with van der Waals surface area (Å²) in [7, 11) is 0. The highest BCUT2D eigenvalue weighted by Crippen LogP contribution is 2.25. The molecule has 1 saturated heterocycles. The predicted molar refractivity (Wildman–Crippen MR) is 74.4 cm³/mol. The zero-order chi connectivity index (χ0) is 18.6. The molecule has 0 aromatic carbocycles. The molecule has 9 unspecified atom stereocenters. The molecular weight excluding hydrogens is 332 g/mol. The van der Waals surface area contributed by atoms with Gasteiger partial charge in [-0.3, -0.25) is 4.79 Å². The molecule has 1 rings (SSSR count). The van der Waals surface area contributed by atoms with E-state index in [1.165, 1.54) is 0 Å². The van der Waals surface area contributed by atoms with Crippen molar-refractivity contribution in [2.24, 2.45) is 0 Å². The van der Waals surface area contributed by atoms with Gasteiger partial charge < -0.3 is 50.3 Å². The van der Waals surface area contributed by atoms with Gasteiger partial charge in [-0.05, 0) is 6.92 Å². The number of Topliss-reactive ketones (excluding diaryl/α,β-unsaturated/α-hetero) is 1. The number of hydrogen-bond donors (Lipinski definition) is 8. The fourth-order valence-electron chi connectivity index (χ4n) is 2.26. The Morgan fingerprint density at radius 1 is 1.08 bits per heavy atom. The lowest BCUT2D eigenvalue weighted by Crippen LogP contribution is -2.61. The highest BCUT2D eigenvalue weighted by Gasteiger charge is 2.47. The number of ether oxygens (including phenoxy) is 2. The van der Waals surface area contributed by atoms with E-state index in [-0.39, 0.29) is 0 Å². The summed E-state index contributed by atoms with van der Waals surface area (Å²) < 4.78 is 10.2. The minimum absolute atomic E-state index is 0.726. The maximum atomic E-state index is 11.2. The molecular formula is C13H24O11. The second-order valence-corrected chi connectivity index (χ2v) is 5.59. The molecule has 0 aromatic heterocycles. The van der Waals surface area contributed by atoms with Crippen LogP contribution in [-0.2, 0) is 14.3 Å². The van der Waals surface area contributed by atoms with E-state index in [9.17, 15) is 35.4 Å². The largest absolute Gasteiger partial charge is 0.394 e. The first-order valence-electron chi connectivity index (χ1n) is 7.27. The van der Waals surface area contributed by atoms with Crippen molar-refractivity contribution in [3.8, 4) is 0 Å². The van der Waals surface area contributed by atoms with Crippen molar-refractivity contribution in [2.75, 3.05) is 13.2 Å². The first-order chi connectivity index (χ1) is 11.1. The van der Waals surface area contributed by atoms with Crippen LogP contribution in [0.1, 0.15) is 6.92 Å². The number of ketones is 1. The minimum atomic E-state index is -1.97. The van der Waals surface area contributed by atoms with Crippen LogP contribution in [0.15, 0.2) is 0 Å². The Morgan fingerprint density at radius 3 is 2.12 bits per heavy atom. The summed E-state index contributed by atoms with van der Waals surface area (Å²) in [6, 6.07) is 0. The van der Waals surface area contributed by atoms with Crippen LogP contribution in [0.3, 0.4) is 0 Å². The Bertz CT molecular complexity index is 403. The van der Waals surface area contributed by atoms with Crippen molar-refractivity contribution >= 4 is 5.78 Å². The lowest BCUT2D eigenvalue weighted by molar-refractivity contribution is -0.326. The Kier molecular flexibility index (Phi) is 8.08. The van der Waals surface area contributed by atoms with Gasteiger partial charge in [0.15, 0.2) is 12.1 Å².